The normalized spacial score (nSPS) is 10.2. The molecule has 0 atom stereocenters. The second-order valence-electron chi connectivity index (χ2n) is 3.49. The Morgan fingerprint density at radius 2 is 2.29 bits per heavy atom. The van der Waals surface area contributed by atoms with E-state index in [-0.39, 0.29) is 11.3 Å². The Labute approximate surface area is 96.9 Å². The highest BCUT2D eigenvalue weighted by Crippen LogP contribution is 2.20. The fourth-order valence-corrected chi connectivity index (χ4v) is 1.33. The first kappa shape index (κ1) is 10.9. The fraction of sp³-hybridized carbons (Fsp3) is 0.100. The zero-order valence-corrected chi connectivity index (χ0v) is 9.08. The third-order valence-corrected chi connectivity index (χ3v) is 2.13. The van der Waals surface area contributed by atoms with Gasteiger partial charge >= 0.3 is 5.97 Å². The van der Waals surface area contributed by atoms with Crippen LogP contribution < -0.4 is 11.1 Å². The van der Waals surface area contributed by atoms with Crippen molar-refractivity contribution in [1.29, 1.82) is 0 Å². The second-order valence-corrected chi connectivity index (χ2v) is 3.49. The third-order valence-electron chi connectivity index (χ3n) is 2.13. The number of nitrogen functional groups attached to an aromatic ring is 1. The molecule has 0 aliphatic carbocycles. The van der Waals surface area contributed by atoms with Crippen LogP contribution in [0.3, 0.4) is 0 Å². The molecule has 2 rings (SSSR count). The highest BCUT2D eigenvalue weighted by molar-refractivity contribution is 5.89. The van der Waals surface area contributed by atoms with E-state index in [2.05, 4.69) is 15.4 Å². The summed E-state index contributed by atoms with van der Waals surface area (Å²) in [7, 11) is 1.79. The Hall–Kier alpha value is -2.57. The number of carboxylic acid groups (broad SMARTS) is 1. The van der Waals surface area contributed by atoms with Crippen molar-refractivity contribution in [3.63, 3.8) is 0 Å². The number of nitrogens with two attached hydrogens (primary N) is 1. The molecular weight excluding hydrogens is 222 g/mol. The van der Waals surface area contributed by atoms with Crippen LogP contribution in [-0.4, -0.2) is 25.8 Å². The Morgan fingerprint density at radius 3 is 2.82 bits per heavy atom. The number of aromatic nitrogens is 3. The number of nitrogens with zero attached hydrogens (tertiary/aromatic N) is 3. The molecule has 88 valence electrons. The Balaban J connectivity index is 2.25. The number of hydrogen-bond donors (Lipinski definition) is 3. The number of carbonyl (C=O) groups is 1. The molecule has 0 aliphatic rings. The van der Waals surface area contributed by atoms with Gasteiger partial charge in [0.05, 0.1) is 23.1 Å². The molecule has 0 radical (unpaired) electrons. The molecule has 0 saturated heterocycles. The van der Waals surface area contributed by atoms with E-state index in [1.807, 2.05) is 0 Å². The van der Waals surface area contributed by atoms with Crippen molar-refractivity contribution >= 4 is 23.2 Å². The molecule has 4 N–H and O–H groups in total. The van der Waals surface area contributed by atoms with Crippen LogP contribution in [0.4, 0.5) is 17.2 Å². The summed E-state index contributed by atoms with van der Waals surface area (Å²) in [6.07, 6.45) is 4.62. The molecule has 7 nitrogen and oxygen atoms in total. The lowest BCUT2D eigenvalue weighted by molar-refractivity contribution is 0.0696. The number of hydrogen-bond acceptors (Lipinski definition) is 5. The minimum absolute atomic E-state index is 0.0548. The predicted octanol–water partition coefficient (Wildman–Crippen LogP) is 0.839. The van der Waals surface area contributed by atoms with Crippen molar-refractivity contribution in [2.24, 2.45) is 7.05 Å². The average Bonchev–Trinajstić information content (AvgIpc) is 2.67. The number of nitrogens with one attached hydrogen (secondary N) is 1. The van der Waals surface area contributed by atoms with Gasteiger partial charge in [-0.25, -0.2) is 9.78 Å². The first-order valence-corrected chi connectivity index (χ1v) is 4.81. The van der Waals surface area contributed by atoms with Gasteiger partial charge in [0.1, 0.15) is 0 Å². The molecule has 0 aliphatic heterocycles. The van der Waals surface area contributed by atoms with Gasteiger partial charge in [-0.15, -0.1) is 0 Å². The predicted molar refractivity (Wildman–Crippen MR) is 62.1 cm³/mol. The van der Waals surface area contributed by atoms with Crippen LogP contribution in [-0.2, 0) is 7.05 Å². The molecule has 0 aromatic carbocycles. The van der Waals surface area contributed by atoms with Crippen LogP contribution >= 0.6 is 0 Å². The second kappa shape index (κ2) is 4.12. The highest BCUT2D eigenvalue weighted by atomic mass is 16.4. The zero-order chi connectivity index (χ0) is 12.4. The van der Waals surface area contributed by atoms with Gasteiger partial charge in [0.2, 0.25) is 0 Å². The van der Waals surface area contributed by atoms with E-state index >= 15 is 0 Å². The molecule has 2 aromatic heterocycles. The molecule has 2 heterocycles. The van der Waals surface area contributed by atoms with Crippen molar-refractivity contribution in [2.45, 2.75) is 0 Å². The standard InChI is InChI=1S/C10H11N5O2/c1-15-5-7(4-13-15)14-9-8(11)2-6(3-12-9)10(16)17/h2-5H,11H2,1H3,(H,12,14)(H,16,17). The maximum Gasteiger partial charge on any atom is 0.337 e. The lowest BCUT2D eigenvalue weighted by Gasteiger charge is -2.06. The largest absolute Gasteiger partial charge is 0.478 e. The minimum atomic E-state index is -1.06. The molecule has 0 bridgehead atoms. The number of anilines is 3. The Bertz CT molecular complexity index is 564. The van der Waals surface area contributed by atoms with Crippen molar-refractivity contribution in [3.8, 4) is 0 Å². The minimum Gasteiger partial charge on any atom is -0.478 e. The molecular formula is C10H11N5O2. The number of rotatable bonds is 3. The molecule has 0 saturated carbocycles. The fourth-order valence-electron chi connectivity index (χ4n) is 1.33. The van der Waals surface area contributed by atoms with Gasteiger partial charge in [-0.1, -0.05) is 0 Å². The zero-order valence-electron chi connectivity index (χ0n) is 9.08. The lowest BCUT2D eigenvalue weighted by Crippen LogP contribution is -2.03. The summed E-state index contributed by atoms with van der Waals surface area (Å²) >= 11 is 0. The van der Waals surface area contributed by atoms with Crippen LogP contribution in [0.5, 0.6) is 0 Å². The van der Waals surface area contributed by atoms with Crippen LogP contribution in [0.15, 0.2) is 24.7 Å². The van der Waals surface area contributed by atoms with Crippen LogP contribution in [0.2, 0.25) is 0 Å². The monoisotopic (exact) mass is 233 g/mol. The summed E-state index contributed by atoms with van der Waals surface area (Å²) < 4.78 is 1.63. The van der Waals surface area contributed by atoms with Crippen molar-refractivity contribution in [2.75, 3.05) is 11.1 Å². The topological polar surface area (TPSA) is 106 Å². The molecule has 0 spiro atoms. The average molecular weight is 233 g/mol. The van der Waals surface area contributed by atoms with Gasteiger partial charge in [-0.3, -0.25) is 4.68 Å². The van der Waals surface area contributed by atoms with Gasteiger partial charge in [0.15, 0.2) is 5.82 Å². The van der Waals surface area contributed by atoms with E-state index < -0.39 is 5.97 Å². The first-order chi connectivity index (χ1) is 8.06. The maximum absolute atomic E-state index is 10.7. The third kappa shape index (κ3) is 2.33. The van der Waals surface area contributed by atoms with E-state index in [0.29, 0.717) is 5.82 Å². The number of aryl methyl sites for hydroxylation is 1. The Morgan fingerprint density at radius 1 is 1.53 bits per heavy atom. The summed E-state index contributed by atoms with van der Waals surface area (Å²) in [5.41, 5.74) is 6.76. The molecule has 7 heteroatoms. The maximum atomic E-state index is 10.7. The van der Waals surface area contributed by atoms with Gasteiger partial charge < -0.3 is 16.2 Å². The lowest BCUT2D eigenvalue weighted by atomic mass is 10.2. The van der Waals surface area contributed by atoms with Crippen LogP contribution in [0, 0.1) is 0 Å². The quantitative estimate of drug-likeness (QED) is 0.725. The van der Waals surface area contributed by atoms with E-state index in [1.54, 1.807) is 24.1 Å². The van der Waals surface area contributed by atoms with E-state index in [9.17, 15) is 4.79 Å². The molecule has 0 amide bonds. The molecule has 17 heavy (non-hydrogen) atoms. The van der Waals surface area contributed by atoms with Gasteiger partial charge in [0.25, 0.3) is 0 Å². The SMILES string of the molecule is Cn1cc(Nc2ncc(C(=O)O)cc2N)cn1. The number of carboxylic acids is 1. The van der Waals surface area contributed by atoms with Crippen LogP contribution in [0.25, 0.3) is 0 Å². The molecule has 0 fully saturated rings. The van der Waals surface area contributed by atoms with Crippen molar-refractivity contribution < 1.29 is 9.90 Å². The van der Waals surface area contributed by atoms with Gasteiger partial charge in [0, 0.05) is 19.4 Å². The summed E-state index contributed by atoms with van der Waals surface area (Å²) in [4.78, 5) is 14.6. The summed E-state index contributed by atoms with van der Waals surface area (Å²) in [5.74, 6) is -0.653. The van der Waals surface area contributed by atoms with Gasteiger partial charge in [-0.05, 0) is 6.07 Å². The molecule has 2 aromatic rings. The summed E-state index contributed by atoms with van der Waals surface area (Å²) in [6.45, 7) is 0. The Kier molecular flexibility index (Phi) is 2.65. The summed E-state index contributed by atoms with van der Waals surface area (Å²) in [5, 5.41) is 15.7. The van der Waals surface area contributed by atoms with Crippen molar-refractivity contribution in [3.05, 3.63) is 30.2 Å². The first-order valence-electron chi connectivity index (χ1n) is 4.81. The number of aromatic carboxylic acids is 1. The van der Waals surface area contributed by atoms with E-state index in [4.69, 9.17) is 10.8 Å². The molecule has 0 unspecified atom stereocenters. The van der Waals surface area contributed by atoms with Gasteiger partial charge in [-0.2, -0.15) is 5.10 Å². The number of pyridine rings is 1. The van der Waals surface area contributed by atoms with E-state index in [0.717, 1.165) is 5.69 Å². The van der Waals surface area contributed by atoms with Crippen molar-refractivity contribution in [1.82, 2.24) is 14.8 Å². The summed E-state index contributed by atoms with van der Waals surface area (Å²) in [6, 6.07) is 1.36. The van der Waals surface area contributed by atoms with E-state index in [1.165, 1.54) is 12.3 Å². The highest BCUT2D eigenvalue weighted by Gasteiger charge is 2.08. The smallest absolute Gasteiger partial charge is 0.337 e. The van der Waals surface area contributed by atoms with Crippen LogP contribution in [0.1, 0.15) is 10.4 Å².